The van der Waals surface area contributed by atoms with Crippen LogP contribution < -0.4 is 59.0 Å². The lowest BCUT2D eigenvalue weighted by atomic mass is 9.86. The second-order valence-corrected chi connectivity index (χ2v) is 17.8. The number of nitriles is 1. The maximum atomic E-state index is 14.9. The molecule has 1 aromatic heterocycles. The van der Waals surface area contributed by atoms with Crippen molar-refractivity contribution >= 4 is 41.3 Å². The molecule has 5 rings (SSSR count). The maximum absolute atomic E-state index is 14.9. The molecular weight excluding hydrogens is 899 g/mol. The summed E-state index contributed by atoms with van der Waals surface area (Å²) in [6.07, 6.45) is -0.164. The summed E-state index contributed by atoms with van der Waals surface area (Å²) < 4.78 is 12.3. The summed E-state index contributed by atoms with van der Waals surface area (Å²) in [4.78, 5) is 94.3. The Morgan fingerprint density at radius 2 is 1.56 bits per heavy atom. The number of ether oxygens (including phenoxy) is 2. The molecule has 2 heterocycles. The van der Waals surface area contributed by atoms with Crippen molar-refractivity contribution in [2.24, 2.45) is 22.9 Å². The van der Waals surface area contributed by atoms with Crippen LogP contribution in [0.5, 0.6) is 11.5 Å². The van der Waals surface area contributed by atoms with Crippen LogP contribution >= 0.6 is 0 Å². The average Bonchev–Trinajstić information content (AvgIpc) is 3.30. The summed E-state index contributed by atoms with van der Waals surface area (Å²) in [6, 6.07) is 11.1. The van der Waals surface area contributed by atoms with Crippen molar-refractivity contribution in [1.29, 1.82) is 5.26 Å². The van der Waals surface area contributed by atoms with Crippen molar-refractivity contribution in [2.75, 3.05) is 51.8 Å². The predicted octanol–water partition coefficient (Wildman–Crippen LogP) is 1.72. The number of aryl methyl sites for hydroxylation is 2. The minimum absolute atomic E-state index is 0.0275. The van der Waals surface area contributed by atoms with Crippen LogP contribution in [0.4, 0.5) is 10.5 Å². The molecule has 0 saturated heterocycles. The first kappa shape index (κ1) is 53.3. The predicted molar refractivity (Wildman–Crippen MR) is 262 cm³/mol. The minimum Gasteiger partial charge on any atom is -0.492 e. The highest BCUT2D eigenvalue weighted by Crippen LogP contribution is 2.44. The van der Waals surface area contributed by atoms with Crippen LogP contribution in [0, 0.1) is 25.2 Å². The molecule has 4 bridgehead atoms. The number of nitrogens with zero attached hydrogens (tertiary/aromatic N) is 4. The third-order valence-electron chi connectivity index (χ3n) is 11.5. The van der Waals surface area contributed by atoms with E-state index in [9.17, 15) is 34.0 Å². The topological polar surface area (TPSA) is 338 Å². The van der Waals surface area contributed by atoms with Crippen LogP contribution in [0.25, 0.3) is 22.5 Å². The highest BCUT2D eigenvalue weighted by Gasteiger charge is 2.37. The normalized spacial score (nSPS) is 16.3. The zero-order valence-electron chi connectivity index (χ0n) is 40.5. The number of likely N-dealkylation sites (N-methyl/N-ethyl adjacent to an activating group) is 1. The van der Waals surface area contributed by atoms with E-state index in [0.29, 0.717) is 28.3 Å². The van der Waals surface area contributed by atoms with Crippen molar-refractivity contribution in [3.05, 3.63) is 88.2 Å². The standard InChI is InChI=1S/C49H63N13O8/c1-26-39(27(2)57-42(56-26)30-9-11-32(12-10-30)49(4,5)6)45(65)59-35(14-15-50)47(67)62(7)40-31-24-34(41(70-21-18-53)36(25-31)61-48(54)68)33-22-29(8-13-38(33)69-20-17-52)23-37(44(64)55-19-16-51)60-43(63)28(3)58-46(40)66/h8-13,22,24-25,28,35,37,40H,14-15,17-21,23,50,52-53H2,1-7H3,(H,55,64)(H,58,66)(H,59,65)(H,60,63)(H3,54,61,68). The van der Waals surface area contributed by atoms with Crippen LogP contribution in [0.2, 0.25) is 0 Å². The zero-order chi connectivity index (χ0) is 51.4. The van der Waals surface area contributed by atoms with E-state index in [0.717, 1.165) is 16.0 Å². The van der Waals surface area contributed by atoms with Gasteiger partial charge in [0.15, 0.2) is 11.6 Å². The number of amides is 7. The summed E-state index contributed by atoms with van der Waals surface area (Å²) in [5.41, 5.74) is 27.3. The SMILES string of the molecule is Cc1nc(-c2ccc(C(C)(C)C)cc2)nc(C)c1C(=O)NC(CCN)C(=O)N(C)C1C(=O)NC(C)C(=O)NC(C(=O)NCC#N)Cc2ccc(OCCN)c(c2)-c2cc1cc(NC(N)=O)c2OCCN. The number of aromatic nitrogens is 2. The van der Waals surface area contributed by atoms with Crippen molar-refractivity contribution in [2.45, 2.75) is 84.0 Å². The van der Waals surface area contributed by atoms with Crippen LogP contribution in [-0.2, 0) is 31.0 Å². The first-order valence-corrected chi connectivity index (χ1v) is 22.7. The largest absolute Gasteiger partial charge is 0.492 e. The van der Waals surface area contributed by atoms with Gasteiger partial charge in [0.2, 0.25) is 23.6 Å². The Hall–Kier alpha value is -7.67. The zero-order valence-corrected chi connectivity index (χ0v) is 40.5. The van der Waals surface area contributed by atoms with Crippen molar-refractivity contribution in [1.82, 2.24) is 36.1 Å². The third-order valence-corrected chi connectivity index (χ3v) is 11.5. The second kappa shape index (κ2) is 23.6. The number of urea groups is 1. The molecule has 70 heavy (non-hydrogen) atoms. The molecule has 3 aromatic carbocycles. The molecule has 7 amide bonds. The average molecular weight is 962 g/mol. The van der Waals surface area contributed by atoms with Gasteiger partial charge in [-0.05, 0) is 80.1 Å². The summed E-state index contributed by atoms with van der Waals surface area (Å²) in [6.45, 7) is 10.8. The second-order valence-electron chi connectivity index (χ2n) is 17.8. The number of hydrogen-bond acceptors (Lipinski definition) is 14. The number of carbonyl (C=O) groups is 6. The highest BCUT2D eigenvalue weighted by molar-refractivity contribution is 6.01. The molecule has 1 aliphatic rings. The molecule has 4 aromatic rings. The Morgan fingerprint density at radius 3 is 2.16 bits per heavy atom. The number of benzene rings is 3. The number of nitrogens with one attached hydrogen (secondary N) is 5. The minimum atomic E-state index is -1.61. The van der Waals surface area contributed by atoms with E-state index >= 15 is 0 Å². The monoisotopic (exact) mass is 961 g/mol. The van der Waals surface area contributed by atoms with Crippen molar-refractivity contribution in [3.8, 4) is 40.1 Å². The maximum Gasteiger partial charge on any atom is 0.316 e. The number of primary amides is 1. The van der Waals surface area contributed by atoms with Gasteiger partial charge in [-0.1, -0.05) is 51.1 Å². The molecular formula is C49H63N13O8. The number of anilines is 1. The molecule has 0 fully saturated rings. The molecule has 4 unspecified atom stereocenters. The molecule has 4 atom stereocenters. The Balaban J connectivity index is 1.66. The lowest BCUT2D eigenvalue weighted by molar-refractivity contribution is -0.141. The van der Waals surface area contributed by atoms with E-state index in [4.69, 9.17) is 32.4 Å². The number of fused-ring (bicyclic) bond motifs is 5. The molecule has 0 radical (unpaired) electrons. The van der Waals surface area contributed by atoms with Gasteiger partial charge >= 0.3 is 6.03 Å². The van der Waals surface area contributed by atoms with Gasteiger partial charge in [-0.2, -0.15) is 5.26 Å². The molecule has 21 heteroatoms. The highest BCUT2D eigenvalue weighted by atomic mass is 16.5. The molecule has 21 nitrogen and oxygen atoms in total. The number of nitrogens with two attached hydrogens (primary N) is 4. The van der Waals surface area contributed by atoms with Gasteiger partial charge in [0.25, 0.3) is 5.91 Å². The van der Waals surface area contributed by atoms with E-state index < -0.39 is 59.7 Å². The molecule has 0 saturated carbocycles. The summed E-state index contributed by atoms with van der Waals surface area (Å²) in [5.74, 6) is -3.02. The molecule has 372 valence electrons. The summed E-state index contributed by atoms with van der Waals surface area (Å²) >= 11 is 0. The van der Waals surface area contributed by atoms with Gasteiger partial charge in [0.1, 0.15) is 49.7 Å². The molecule has 13 N–H and O–H groups in total. The molecule has 0 aliphatic carbocycles. The van der Waals surface area contributed by atoms with E-state index in [2.05, 4.69) is 57.3 Å². The van der Waals surface area contributed by atoms with Crippen LogP contribution in [-0.4, -0.2) is 115 Å². The van der Waals surface area contributed by atoms with Gasteiger partial charge in [-0.15, -0.1) is 0 Å². The quantitative estimate of drug-likeness (QED) is 0.0723. The van der Waals surface area contributed by atoms with Gasteiger partial charge in [0.05, 0.1) is 28.7 Å². The fraction of sp³-hybridized carbons (Fsp3) is 0.408. The van der Waals surface area contributed by atoms with Crippen LogP contribution in [0.1, 0.15) is 78.6 Å². The summed E-state index contributed by atoms with van der Waals surface area (Å²) in [5, 5.41) is 22.4. The Labute approximate surface area is 406 Å². The fourth-order valence-corrected chi connectivity index (χ4v) is 7.98. The Kier molecular flexibility index (Phi) is 17.9. The molecule has 1 aliphatic heterocycles. The van der Waals surface area contributed by atoms with Crippen LogP contribution in [0.15, 0.2) is 54.6 Å². The lowest BCUT2D eigenvalue weighted by Crippen LogP contribution is -2.56. The number of hydrogen-bond donors (Lipinski definition) is 9. The van der Waals surface area contributed by atoms with Gasteiger partial charge in [0, 0.05) is 43.2 Å². The lowest BCUT2D eigenvalue weighted by Gasteiger charge is -2.33. The van der Waals surface area contributed by atoms with E-state index in [-0.39, 0.29) is 91.5 Å². The third kappa shape index (κ3) is 12.9. The van der Waals surface area contributed by atoms with Crippen LogP contribution in [0.3, 0.4) is 0 Å². The number of rotatable bonds is 16. The smallest absolute Gasteiger partial charge is 0.316 e. The van der Waals surface area contributed by atoms with E-state index in [1.165, 1.54) is 20.0 Å². The first-order valence-electron chi connectivity index (χ1n) is 22.7. The van der Waals surface area contributed by atoms with E-state index in [1.807, 2.05) is 30.3 Å². The van der Waals surface area contributed by atoms with Crippen molar-refractivity contribution < 1.29 is 38.2 Å². The van der Waals surface area contributed by atoms with Crippen molar-refractivity contribution in [3.63, 3.8) is 0 Å². The fourth-order valence-electron chi connectivity index (χ4n) is 7.98. The Morgan fingerprint density at radius 1 is 0.900 bits per heavy atom. The van der Waals surface area contributed by atoms with Gasteiger partial charge in [-0.25, -0.2) is 14.8 Å². The molecule has 0 spiro atoms. The van der Waals surface area contributed by atoms with E-state index in [1.54, 1.807) is 38.1 Å². The first-order chi connectivity index (χ1) is 33.2. The van der Waals surface area contributed by atoms with Gasteiger partial charge < -0.3 is 63.9 Å². The Bertz CT molecular complexity index is 2620. The number of carbonyl (C=O) groups excluding carboxylic acids is 6. The van der Waals surface area contributed by atoms with Gasteiger partial charge in [-0.3, -0.25) is 24.0 Å². The summed E-state index contributed by atoms with van der Waals surface area (Å²) in [7, 11) is 1.33.